The van der Waals surface area contributed by atoms with Crippen molar-refractivity contribution in [2.45, 2.75) is 258 Å². The maximum absolute atomic E-state index is 3.08. The van der Waals surface area contributed by atoms with Crippen LogP contribution in [0.4, 0.5) is 0 Å². The zero-order valence-corrected chi connectivity index (χ0v) is 33.1. The van der Waals surface area contributed by atoms with Crippen molar-refractivity contribution in [3.63, 3.8) is 0 Å². The van der Waals surface area contributed by atoms with Gasteiger partial charge in [0.05, 0.1) is 0 Å². The lowest BCUT2D eigenvalue weighted by Crippen LogP contribution is -2.52. The molecule has 0 aliphatic heterocycles. The number of nitrogens with zero attached hydrogens (tertiary/aromatic N) is 1. The van der Waals surface area contributed by atoms with Gasteiger partial charge in [-0.3, -0.25) is 0 Å². The molecule has 2 heteroatoms. The van der Waals surface area contributed by atoms with Gasteiger partial charge in [-0.05, 0) is 44.1 Å². The zero-order chi connectivity index (χ0) is 32.2. The molecule has 0 fully saturated rings. The largest absolute Gasteiger partial charge is 0.323 e. The number of hydrogen-bond donors (Lipinski definition) is 0. The number of hydrogen-bond acceptors (Lipinski definition) is 1. The molecule has 1 nitrogen and oxygen atoms in total. The van der Waals surface area contributed by atoms with E-state index in [2.05, 4.69) is 39.2 Å². The molecule has 0 rings (SSSR count). The highest BCUT2D eigenvalue weighted by molar-refractivity contribution is 6.77. The van der Waals surface area contributed by atoms with Crippen molar-refractivity contribution in [1.82, 2.24) is 4.57 Å². The summed E-state index contributed by atoms with van der Waals surface area (Å²) in [4.78, 5) is 0. The van der Waals surface area contributed by atoms with E-state index >= 15 is 0 Å². The Morgan fingerprint density at radius 1 is 0.250 bits per heavy atom. The Morgan fingerprint density at radius 2 is 0.432 bits per heavy atom. The van der Waals surface area contributed by atoms with Crippen LogP contribution in [0.15, 0.2) is 0 Å². The van der Waals surface area contributed by atoms with Crippen LogP contribution in [-0.2, 0) is 0 Å². The molecule has 0 aromatic rings. The second-order valence-electron chi connectivity index (χ2n) is 14.9. The van der Waals surface area contributed by atoms with E-state index in [1.54, 1.807) is 0 Å². The molecule has 0 amide bonds. The first-order chi connectivity index (χ1) is 21.7. The van der Waals surface area contributed by atoms with Gasteiger partial charge in [0.2, 0.25) is 0 Å². The first kappa shape index (κ1) is 44.2. The molecule has 44 heavy (non-hydrogen) atoms. The van der Waals surface area contributed by atoms with Crippen molar-refractivity contribution in [2.75, 3.05) is 13.1 Å². The third-order valence-electron chi connectivity index (χ3n) is 11.2. The van der Waals surface area contributed by atoms with E-state index in [1.807, 2.05) is 0 Å². The summed E-state index contributed by atoms with van der Waals surface area (Å²) in [5, 5.41) is 0. The van der Waals surface area contributed by atoms with Gasteiger partial charge in [-0.25, -0.2) is 0 Å². The molecule has 0 aromatic carbocycles. The molecule has 0 atom stereocenters. The van der Waals surface area contributed by atoms with Crippen molar-refractivity contribution in [3.8, 4) is 0 Å². The summed E-state index contributed by atoms with van der Waals surface area (Å²) in [7, 11) is -1.23. The summed E-state index contributed by atoms with van der Waals surface area (Å²) in [6.07, 6.45) is 47.0. The maximum atomic E-state index is 3.08. The van der Waals surface area contributed by atoms with Crippen LogP contribution in [0, 0.1) is 0 Å². The molecular formula is C42H89NSi. The third-order valence-corrected chi connectivity index (χ3v) is 16.9. The van der Waals surface area contributed by atoms with E-state index < -0.39 is 8.24 Å². The standard InChI is InChI=1S/C42H89NSi/c1-6-11-13-15-17-19-21-23-25-27-29-31-33-35-37-39-41-43(44(8-3,9-4)10-5)42-40-38-36-34-32-30-28-26-24-22-20-18-16-14-12-7-2/h6-42H2,1-5H3. The molecule has 0 radical (unpaired) electrons. The molecule has 0 N–H and O–H groups in total. The fourth-order valence-electron chi connectivity index (χ4n) is 7.71. The monoisotopic (exact) mass is 636 g/mol. The lowest BCUT2D eigenvalue weighted by Gasteiger charge is -2.41. The van der Waals surface area contributed by atoms with E-state index in [0.29, 0.717) is 0 Å². The van der Waals surface area contributed by atoms with E-state index in [9.17, 15) is 0 Å². The van der Waals surface area contributed by atoms with Crippen LogP contribution < -0.4 is 0 Å². The van der Waals surface area contributed by atoms with Gasteiger partial charge in [0.25, 0.3) is 0 Å². The Hall–Kier alpha value is 0.177. The normalized spacial score (nSPS) is 12.1. The summed E-state index contributed by atoms with van der Waals surface area (Å²) >= 11 is 0. The molecule has 266 valence electrons. The smallest absolute Gasteiger partial charge is 0.127 e. The molecule has 0 spiro atoms. The minimum Gasteiger partial charge on any atom is -0.323 e. The Bertz CT molecular complexity index is 472. The fourth-order valence-corrected chi connectivity index (χ4v) is 11.8. The summed E-state index contributed by atoms with van der Waals surface area (Å²) in [6, 6.07) is 4.37. The fraction of sp³-hybridized carbons (Fsp3) is 1.00. The van der Waals surface area contributed by atoms with Crippen LogP contribution in [0.25, 0.3) is 0 Å². The van der Waals surface area contributed by atoms with Crippen molar-refractivity contribution in [2.24, 2.45) is 0 Å². The van der Waals surface area contributed by atoms with Gasteiger partial charge in [-0.1, -0.05) is 227 Å². The molecule has 0 heterocycles. The van der Waals surface area contributed by atoms with Gasteiger partial charge >= 0.3 is 0 Å². The summed E-state index contributed by atoms with van der Waals surface area (Å²) < 4.78 is 3.08. The zero-order valence-electron chi connectivity index (χ0n) is 32.1. The second-order valence-corrected chi connectivity index (χ2v) is 20.1. The molecule has 0 saturated carbocycles. The quantitative estimate of drug-likeness (QED) is 0.0482. The van der Waals surface area contributed by atoms with Crippen molar-refractivity contribution in [1.29, 1.82) is 0 Å². The molecular weight excluding hydrogens is 547 g/mol. The van der Waals surface area contributed by atoms with Crippen LogP contribution in [-0.4, -0.2) is 25.9 Å². The topological polar surface area (TPSA) is 3.24 Å². The lowest BCUT2D eigenvalue weighted by molar-refractivity contribution is 0.378. The lowest BCUT2D eigenvalue weighted by atomic mass is 10.0. The van der Waals surface area contributed by atoms with E-state index in [4.69, 9.17) is 0 Å². The molecule has 0 saturated heterocycles. The SMILES string of the molecule is CCCCCCCCCCCCCCCCCCN(CCCCCCCCCCCCCCCCCC)[Si](CC)(CC)CC. The highest BCUT2D eigenvalue weighted by Gasteiger charge is 2.33. The highest BCUT2D eigenvalue weighted by Crippen LogP contribution is 2.26. The van der Waals surface area contributed by atoms with Crippen LogP contribution in [0.5, 0.6) is 0 Å². The number of unbranched alkanes of at least 4 members (excludes halogenated alkanes) is 30. The molecule has 0 aliphatic rings. The van der Waals surface area contributed by atoms with E-state index in [-0.39, 0.29) is 0 Å². The average Bonchev–Trinajstić information content (AvgIpc) is 3.04. The van der Waals surface area contributed by atoms with Gasteiger partial charge in [0.15, 0.2) is 0 Å². The Labute approximate surface area is 283 Å². The van der Waals surface area contributed by atoms with Crippen LogP contribution in [0.2, 0.25) is 18.1 Å². The van der Waals surface area contributed by atoms with Crippen LogP contribution in [0.3, 0.4) is 0 Å². The minimum atomic E-state index is -1.23. The molecule has 0 bridgehead atoms. The summed E-state index contributed by atoms with van der Waals surface area (Å²) in [5.74, 6) is 0. The van der Waals surface area contributed by atoms with E-state index in [0.717, 1.165) is 0 Å². The Kier molecular flexibility index (Phi) is 36.2. The highest BCUT2D eigenvalue weighted by atomic mass is 28.3. The second kappa shape index (κ2) is 36.0. The molecule has 0 aromatic heterocycles. The number of rotatable bonds is 38. The molecule has 0 unspecified atom stereocenters. The Balaban J connectivity index is 3.83. The first-order valence-electron chi connectivity index (χ1n) is 21.5. The first-order valence-corrected chi connectivity index (χ1v) is 24.0. The van der Waals surface area contributed by atoms with Gasteiger partial charge < -0.3 is 4.57 Å². The third kappa shape index (κ3) is 27.3. The average molecular weight is 636 g/mol. The van der Waals surface area contributed by atoms with Crippen molar-refractivity contribution < 1.29 is 0 Å². The predicted octanol–water partition coefficient (Wildman–Crippen LogP) is 15.8. The van der Waals surface area contributed by atoms with Crippen molar-refractivity contribution >= 4 is 8.24 Å². The van der Waals surface area contributed by atoms with Gasteiger partial charge in [-0.2, -0.15) is 0 Å². The summed E-state index contributed by atoms with van der Waals surface area (Å²) in [6.45, 7) is 15.0. The minimum absolute atomic E-state index is 1.23. The Morgan fingerprint density at radius 3 is 0.614 bits per heavy atom. The maximum Gasteiger partial charge on any atom is 0.127 e. The van der Waals surface area contributed by atoms with Gasteiger partial charge in [0.1, 0.15) is 8.24 Å². The summed E-state index contributed by atoms with van der Waals surface area (Å²) in [5.41, 5.74) is 0. The van der Waals surface area contributed by atoms with Gasteiger partial charge in [-0.15, -0.1) is 0 Å². The van der Waals surface area contributed by atoms with E-state index in [1.165, 1.54) is 237 Å². The van der Waals surface area contributed by atoms with Crippen LogP contribution in [0.1, 0.15) is 240 Å². The predicted molar refractivity (Wildman–Crippen MR) is 208 cm³/mol. The van der Waals surface area contributed by atoms with Gasteiger partial charge in [0, 0.05) is 0 Å². The molecule has 0 aliphatic carbocycles. The van der Waals surface area contributed by atoms with Crippen LogP contribution >= 0.6 is 0 Å². The van der Waals surface area contributed by atoms with Crippen molar-refractivity contribution in [3.05, 3.63) is 0 Å².